The van der Waals surface area contributed by atoms with E-state index in [4.69, 9.17) is 26.8 Å². The van der Waals surface area contributed by atoms with Gasteiger partial charge in [-0.25, -0.2) is 13.2 Å². The normalized spacial score (nSPS) is 14.8. The van der Waals surface area contributed by atoms with Crippen molar-refractivity contribution in [1.82, 2.24) is 4.31 Å². The van der Waals surface area contributed by atoms with Crippen molar-refractivity contribution in [2.24, 2.45) is 0 Å². The van der Waals surface area contributed by atoms with Crippen LogP contribution in [-0.2, 0) is 24.3 Å². The molecule has 0 saturated carbocycles. The molecule has 3 N–H and O–H groups in total. The fourth-order valence-corrected chi connectivity index (χ4v) is 4.74. The van der Waals surface area contributed by atoms with Gasteiger partial charge in [0.25, 0.3) is 5.91 Å². The van der Waals surface area contributed by atoms with Gasteiger partial charge in [0.1, 0.15) is 0 Å². The van der Waals surface area contributed by atoms with Gasteiger partial charge in [-0.2, -0.15) is 4.31 Å². The number of aryl methyl sites for hydroxylation is 1. The number of carbonyl (C=O) groups excluding carboxylic acids is 2. The van der Waals surface area contributed by atoms with Crippen LogP contribution >= 0.6 is 11.6 Å². The lowest BCUT2D eigenvalue weighted by Crippen LogP contribution is -2.40. The van der Waals surface area contributed by atoms with Crippen LogP contribution in [0.2, 0.25) is 5.02 Å². The third-order valence-corrected chi connectivity index (χ3v) is 7.01. The minimum atomic E-state index is -3.73. The number of sulfonamides is 1. The second kappa shape index (κ2) is 9.65. The van der Waals surface area contributed by atoms with Crippen molar-refractivity contribution < 1.29 is 27.5 Å². The quantitative estimate of drug-likeness (QED) is 0.491. The van der Waals surface area contributed by atoms with Crippen LogP contribution in [0, 0.1) is 6.92 Å². The van der Waals surface area contributed by atoms with E-state index in [9.17, 15) is 18.0 Å². The van der Waals surface area contributed by atoms with Crippen LogP contribution in [-0.4, -0.2) is 57.5 Å². The molecule has 0 radical (unpaired) electrons. The summed E-state index contributed by atoms with van der Waals surface area (Å²) in [7, 11) is -3.73. The summed E-state index contributed by atoms with van der Waals surface area (Å²) in [6.45, 7) is 2.32. The number of hydrogen-bond donors (Lipinski definition) is 2. The number of nitrogens with one attached hydrogen (secondary N) is 1. The number of benzene rings is 2. The number of nitrogens with two attached hydrogens (primary N) is 1. The SMILES string of the molecule is Cc1ccc(NC(=O)COC(=O)c2ccc(Cl)c(N)c2)cc1S(=O)(=O)N1CCOCC1. The predicted molar refractivity (Wildman–Crippen MR) is 116 cm³/mol. The van der Waals surface area contributed by atoms with E-state index in [1.165, 1.54) is 28.6 Å². The number of nitrogens with zero attached hydrogens (tertiary/aromatic N) is 1. The van der Waals surface area contributed by atoms with Crippen molar-refractivity contribution in [2.45, 2.75) is 11.8 Å². The van der Waals surface area contributed by atoms with E-state index in [2.05, 4.69) is 5.32 Å². The summed E-state index contributed by atoms with van der Waals surface area (Å²) in [5.41, 5.74) is 6.85. The topological polar surface area (TPSA) is 128 Å². The number of esters is 1. The van der Waals surface area contributed by atoms with Crippen LogP contribution in [0.1, 0.15) is 15.9 Å². The zero-order valence-corrected chi connectivity index (χ0v) is 18.3. The molecular formula is C20H22ClN3O6S. The average Bonchev–Trinajstić information content (AvgIpc) is 2.75. The molecule has 1 fully saturated rings. The summed E-state index contributed by atoms with van der Waals surface area (Å²) in [6.07, 6.45) is 0. The molecule has 1 aliphatic rings. The van der Waals surface area contributed by atoms with Crippen molar-refractivity contribution in [3.63, 3.8) is 0 Å². The maximum Gasteiger partial charge on any atom is 0.338 e. The first kappa shape index (κ1) is 23.0. The number of carbonyl (C=O) groups is 2. The fraction of sp³-hybridized carbons (Fsp3) is 0.300. The average molecular weight is 468 g/mol. The molecule has 2 aromatic rings. The van der Waals surface area contributed by atoms with E-state index in [0.717, 1.165) is 0 Å². The Labute approximate surface area is 185 Å². The van der Waals surface area contributed by atoms with Crippen LogP contribution in [0.25, 0.3) is 0 Å². The number of ether oxygens (including phenoxy) is 2. The Kier molecular flexibility index (Phi) is 7.16. The molecule has 1 amide bonds. The molecule has 0 unspecified atom stereocenters. The van der Waals surface area contributed by atoms with Crippen LogP contribution in [0.3, 0.4) is 0 Å². The van der Waals surface area contributed by atoms with Crippen LogP contribution in [0.5, 0.6) is 0 Å². The Morgan fingerprint density at radius 3 is 2.58 bits per heavy atom. The number of halogens is 1. The molecule has 2 aromatic carbocycles. The molecule has 11 heteroatoms. The molecule has 0 bridgehead atoms. The molecule has 1 saturated heterocycles. The molecule has 0 aliphatic carbocycles. The Morgan fingerprint density at radius 1 is 1.19 bits per heavy atom. The number of nitrogen functional groups attached to an aromatic ring is 1. The Bertz CT molecular complexity index is 1100. The zero-order chi connectivity index (χ0) is 22.6. The van der Waals surface area contributed by atoms with Crippen molar-refractivity contribution in [1.29, 1.82) is 0 Å². The lowest BCUT2D eigenvalue weighted by molar-refractivity contribution is -0.119. The molecule has 166 valence electrons. The Hall–Kier alpha value is -2.66. The van der Waals surface area contributed by atoms with Gasteiger partial charge in [0.15, 0.2) is 6.61 Å². The first-order valence-electron chi connectivity index (χ1n) is 9.39. The molecule has 9 nitrogen and oxygen atoms in total. The summed E-state index contributed by atoms with van der Waals surface area (Å²) < 4.78 is 37.4. The number of rotatable bonds is 6. The first-order chi connectivity index (χ1) is 14.7. The third kappa shape index (κ3) is 5.53. The second-order valence-corrected chi connectivity index (χ2v) is 9.17. The van der Waals surface area contributed by atoms with Gasteiger partial charge in [-0.1, -0.05) is 17.7 Å². The smallest absolute Gasteiger partial charge is 0.338 e. The van der Waals surface area contributed by atoms with Crippen LogP contribution in [0.15, 0.2) is 41.3 Å². The van der Waals surface area contributed by atoms with Gasteiger partial charge in [0.05, 0.1) is 34.4 Å². The largest absolute Gasteiger partial charge is 0.452 e. The maximum absolute atomic E-state index is 12.9. The molecule has 1 heterocycles. The van der Waals surface area contributed by atoms with Gasteiger partial charge in [0.2, 0.25) is 10.0 Å². The number of hydrogen-bond acceptors (Lipinski definition) is 7. The van der Waals surface area contributed by atoms with Crippen molar-refractivity contribution in [3.05, 3.63) is 52.5 Å². The van der Waals surface area contributed by atoms with Crippen LogP contribution < -0.4 is 11.1 Å². The summed E-state index contributed by atoms with van der Waals surface area (Å²) in [4.78, 5) is 24.4. The second-order valence-electron chi connectivity index (χ2n) is 6.86. The highest BCUT2D eigenvalue weighted by molar-refractivity contribution is 7.89. The van der Waals surface area contributed by atoms with E-state index in [-0.39, 0.29) is 34.9 Å². The molecule has 0 atom stereocenters. The van der Waals surface area contributed by atoms with Crippen LogP contribution in [0.4, 0.5) is 11.4 Å². The number of morpholine rings is 1. The van der Waals surface area contributed by atoms with Crippen molar-refractivity contribution >= 4 is 44.9 Å². The first-order valence-corrected chi connectivity index (χ1v) is 11.2. The lowest BCUT2D eigenvalue weighted by Gasteiger charge is -2.26. The highest BCUT2D eigenvalue weighted by atomic mass is 35.5. The van der Waals surface area contributed by atoms with E-state index in [1.807, 2.05) is 0 Å². The predicted octanol–water partition coefficient (Wildman–Crippen LogP) is 2.05. The van der Waals surface area contributed by atoms with E-state index in [0.29, 0.717) is 23.8 Å². The maximum atomic E-state index is 12.9. The monoisotopic (exact) mass is 467 g/mol. The van der Waals surface area contributed by atoms with E-state index >= 15 is 0 Å². The fourth-order valence-electron chi connectivity index (χ4n) is 2.96. The lowest BCUT2D eigenvalue weighted by atomic mass is 10.2. The molecule has 31 heavy (non-hydrogen) atoms. The van der Waals surface area contributed by atoms with Crippen molar-refractivity contribution in [3.8, 4) is 0 Å². The Balaban J connectivity index is 1.65. The molecule has 3 rings (SSSR count). The molecule has 0 spiro atoms. The summed E-state index contributed by atoms with van der Waals surface area (Å²) >= 11 is 5.82. The molecule has 1 aliphatic heterocycles. The zero-order valence-electron chi connectivity index (χ0n) is 16.8. The summed E-state index contributed by atoms with van der Waals surface area (Å²) in [5.74, 6) is -1.35. The number of amides is 1. The minimum absolute atomic E-state index is 0.0980. The Morgan fingerprint density at radius 2 is 1.90 bits per heavy atom. The molecule has 0 aromatic heterocycles. The third-order valence-electron chi connectivity index (χ3n) is 4.63. The highest BCUT2D eigenvalue weighted by Gasteiger charge is 2.28. The van der Waals surface area contributed by atoms with E-state index in [1.54, 1.807) is 19.1 Å². The number of anilines is 2. The standard InChI is InChI=1S/C20H22ClN3O6S/c1-13-2-4-15(11-18(13)31(27,28)24-6-8-29-9-7-24)23-19(25)12-30-20(26)14-3-5-16(21)17(22)10-14/h2-5,10-11H,6-9,12,22H2,1H3,(H,23,25). The molecular weight excluding hydrogens is 446 g/mol. The van der Waals surface area contributed by atoms with Gasteiger partial charge >= 0.3 is 5.97 Å². The van der Waals surface area contributed by atoms with Crippen molar-refractivity contribution in [2.75, 3.05) is 44.0 Å². The van der Waals surface area contributed by atoms with Gasteiger partial charge in [-0.15, -0.1) is 0 Å². The highest BCUT2D eigenvalue weighted by Crippen LogP contribution is 2.24. The van der Waals surface area contributed by atoms with E-state index < -0.39 is 28.5 Å². The summed E-state index contributed by atoms with van der Waals surface area (Å²) in [5, 5.41) is 2.84. The van der Waals surface area contributed by atoms with Gasteiger partial charge in [0, 0.05) is 18.8 Å². The summed E-state index contributed by atoms with van der Waals surface area (Å²) in [6, 6.07) is 8.81. The van der Waals surface area contributed by atoms with Gasteiger partial charge in [-0.3, -0.25) is 4.79 Å². The van der Waals surface area contributed by atoms with Gasteiger partial charge in [-0.05, 0) is 42.8 Å². The minimum Gasteiger partial charge on any atom is -0.452 e. The van der Waals surface area contributed by atoms with Gasteiger partial charge < -0.3 is 20.5 Å².